The molecule has 0 aromatic rings. The van der Waals surface area contributed by atoms with Gasteiger partial charge in [0.05, 0.1) is 0 Å². The Morgan fingerprint density at radius 1 is 1.36 bits per heavy atom. The van der Waals surface area contributed by atoms with Crippen molar-refractivity contribution in [2.24, 2.45) is 5.92 Å². The zero-order valence-electron chi connectivity index (χ0n) is 8.02. The van der Waals surface area contributed by atoms with Crippen molar-refractivity contribution in [2.45, 2.75) is 19.8 Å². The first-order valence-corrected chi connectivity index (χ1v) is 4.55. The minimum atomic E-state index is -1.45. The second kappa shape index (κ2) is 4.21. The number of hydrogen-bond donors (Lipinski definition) is 1. The molecular weight excluding hydrogens is 186 g/mol. The average molecular weight is 199 g/mol. The van der Waals surface area contributed by atoms with Crippen LogP contribution in [0.5, 0.6) is 0 Å². The Morgan fingerprint density at radius 2 is 2.00 bits per heavy atom. The van der Waals surface area contributed by atoms with Crippen LogP contribution >= 0.6 is 0 Å². The van der Waals surface area contributed by atoms with Crippen molar-refractivity contribution in [3.63, 3.8) is 0 Å². The van der Waals surface area contributed by atoms with Gasteiger partial charge in [-0.3, -0.25) is 9.59 Å². The number of amides is 1. The van der Waals surface area contributed by atoms with Gasteiger partial charge in [-0.1, -0.05) is 0 Å². The van der Waals surface area contributed by atoms with Gasteiger partial charge in [0, 0.05) is 19.0 Å². The van der Waals surface area contributed by atoms with Crippen LogP contribution in [0.15, 0.2) is 0 Å². The van der Waals surface area contributed by atoms with Gasteiger partial charge in [-0.2, -0.15) is 0 Å². The minimum Gasteiger partial charge on any atom is -0.474 e. The number of likely N-dealkylation sites (tertiary alicyclic amines) is 1. The number of nitrogens with zero attached hydrogens (tertiary/aromatic N) is 1. The predicted octanol–water partition coefficient (Wildman–Crippen LogP) is -0.101. The number of carboxylic acid groups (broad SMARTS) is 1. The van der Waals surface area contributed by atoms with Crippen LogP contribution < -0.4 is 0 Å². The second-order valence-electron chi connectivity index (χ2n) is 3.51. The highest BCUT2D eigenvalue weighted by atomic mass is 16.4. The molecule has 5 heteroatoms. The molecule has 1 saturated heterocycles. The van der Waals surface area contributed by atoms with Gasteiger partial charge in [0.1, 0.15) is 5.78 Å². The van der Waals surface area contributed by atoms with Gasteiger partial charge in [0.25, 0.3) is 0 Å². The monoisotopic (exact) mass is 199 g/mol. The largest absolute Gasteiger partial charge is 0.474 e. The van der Waals surface area contributed by atoms with E-state index >= 15 is 0 Å². The van der Waals surface area contributed by atoms with E-state index in [1.165, 1.54) is 11.8 Å². The number of Topliss-reactive ketones (excluding diaryl/α,β-unsaturated/α-hetero) is 1. The number of piperidine rings is 1. The summed E-state index contributed by atoms with van der Waals surface area (Å²) in [7, 11) is 0. The Balaban J connectivity index is 2.60. The van der Waals surface area contributed by atoms with Gasteiger partial charge in [-0.25, -0.2) is 4.79 Å². The Morgan fingerprint density at radius 3 is 2.50 bits per heavy atom. The maximum absolute atomic E-state index is 11.1. The summed E-state index contributed by atoms with van der Waals surface area (Å²) in [5.41, 5.74) is 0. The van der Waals surface area contributed by atoms with Crippen LogP contribution in [0.2, 0.25) is 0 Å². The van der Waals surface area contributed by atoms with Crippen molar-refractivity contribution in [3.05, 3.63) is 0 Å². The zero-order chi connectivity index (χ0) is 10.7. The van der Waals surface area contributed by atoms with E-state index in [1.807, 2.05) is 0 Å². The first-order valence-electron chi connectivity index (χ1n) is 4.55. The molecule has 1 aliphatic rings. The molecule has 78 valence electrons. The number of ketones is 1. The molecule has 0 aromatic heterocycles. The third-order valence-corrected chi connectivity index (χ3v) is 2.47. The Kier molecular flexibility index (Phi) is 3.22. The summed E-state index contributed by atoms with van der Waals surface area (Å²) in [6, 6.07) is 0. The van der Waals surface area contributed by atoms with Crippen LogP contribution in [0, 0.1) is 5.92 Å². The van der Waals surface area contributed by atoms with Crippen LogP contribution in [0.1, 0.15) is 19.8 Å². The molecule has 0 saturated carbocycles. The van der Waals surface area contributed by atoms with Gasteiger partial charge in [-0.15, -0.1) is 0 Å². The number of carbonyl (C=O) groups is 3. The zero-order valence-corrected chi connectivity index (χ0v) is 8.02. The van der Waals surface area contributed by atoms with E-state index < -0.39 is 11.9 Å². The van der Waals surface area contributed by atoms with Crippen LogP contribution in [-0.2, 0) is 14.4 Å². The smallest absolute Gasteiger partial charge is 0.394 e. The number of hydrogen-bond acceptors (Lipinski definition) is 3. The Hall–Kier alpha value is -1.39. The van der Waals surface area contributed by atoms with Crippen LogP contribution in [0.3, 0.4) is 0 Å². The minimum absolute atomic E-state index is 0.0212. The van der Waals surface area contributed by atoms with Crippen LogP contribution in [0.4, 0.5) is 0 Å². The van der Waals surface area contributed by atoms with E-state index in [-0.39, 0.29) is 18.2 Å². The number of carboxylic acids is 1. The average Bonchev–Trinajstić information content (AvgIpc) is 2.16. The standard InChI is InChI=1S/C9H13NO4/c1-6(11)7-3-2-4-10(5-7)8(12)9(13)14/h7H,2-5H2,1H3,(H,13,14). The number of carbonyl (C=O) groups excluding carboxylic acids is 2. The molecule has 1 aliphatic heterocycles. The molecule has 1 heterocycles. The lowest BCUT2D eigenvalue weighted by Crippen LogP contribution is -2.44. The molecule has 0 radical (unpaired) electrons. The molecule has 1 amide bonds. The molecule has 0 aliphatic carbocycles. The van der Waals surface area contributed by atoms with Crippen molar-refractivity contribution in [3.8, 4) is 0 Å². The fourth-order valence-corrected chi connectivity index (χ4v) is 1.63. The van der Waals surface area contributed by atoms with Gasteiger partial charge in [-0.05, 0) is 19.8 Å². The van der Waals surface area contributed by atoms with E-state index in [4.69, 9.17) is 5.11 Å². The number of rotatable bonds is 1. The first-order chi connectivity index (χ1) is 6.52. The van der Waals surface area contributed by atoms with Crippen molar-refractivity contribution < 1.29 is 19.5 Å². The van der Waals surface area contributed by atoms with Crippen molar-refractivity contribution in [2.75, 3.05) is 13.1 Å². The molecule has 5 nitrogen and oxygen atoms in total. The summed E-state index contributed by atoms with van der Waals surface area (Å²) >= 11 is 0. The van der Waals surface area contributed by atoms with Crippen molar-refractivity contribution in [1.29, 1.82) is 0 Å². The lowest BCUT2D eigenvalue weighted by Gasteiger charge is -2.30. The third-order valence-electron chi connectivity index (χ3n) is 2.47. The molecule has 1 atom stereocenters. The predicted molar refractivity (Wildman–Crippen MR) is 47.6 cm³/mol. The van der Waals surface area contributed by atoms with E-state index in [1.54, 1.807) is 0 Å². The fourth-order valence-electron chi connectivity index (χ4n) is 1.63. The van der Waals surface area contributed by atoms with E-state index in [9.17, 15) is 14.4 Å². The van der Waals surface area contributed by atoms with Gasteiger partial charge in [0.2, 0.25) is 0 Å². The summed E-state index contributed by atoms with van der Waals surface area (Å²) in [6.07, 6.45) is 1.45. The quantitative estimate of drug-likeness (QED) is 0.598. The lowest BCUT2D eigenvalue weighted by molar-refractivity contribution is -0.157. The van der Waals surface area contributed by atoms with Crippen LogP contribution in [-0.4, -0.2) is 40.8 Å². The first kappa shape index (κ1) is 10.7. The van der Waals surface area contributed by atoms with Gasteiger partial charge in [0.15, 0.2) is 0 Å². The number of aliphatic carboxylic acids is 1. The molecule has 1 fully saturated rings. The van der Waals surface area contributed by atoms with Crippen molar-refractivity contribution >= 4 is 17.7 Å². The summed E-state index contributed by atoms with van der Waals surface area (Å²) in [6.45, 7) is 2.16. The molecule has 0 bridgehead atoms. The maximum Gasteiger partial charge on any atom is 0.394 e. The molecule has 1 unspecified atom stereocenters. The highest BCUT2D eigenvalue weighted by Gasteiger charge is 2.29. The van der Waals surface area contributed by atoms with E-state index in [0.717, 1.165) is 6.42 Å². The molecule has 1 rings (SSSR count). The summed E-state index contributed by atoms with van der Waals surface area (Å²) in [4.78, 5) is 33.8. The molecule has 1 N–H and O–H groups in total. The highest BCUT2D eigenvalue weighted by molar-refractivity contribution is 6.31. The fraction of sp³-hybridized carbons (Fsp3) is 0.667. The maximum atomic E-state index is 11.1. The lowest BCUT2D eigenvalue weighted by atomic mass is 9.94. The van der Waals surface area contributed by atoms with E-state index in [0.29, 0.717) is 13.0 Å². The SMILES string of the molecule is CC(=O)C1CCCN(C(=O)C(=O)O)C1. The second-order valence-corrected chi connectivity index (χ2v) is 3.51. The summed E-state index contributed by atoms with van der Waals surface area (Å²) in [5.74, 6) is -2.52. The van der Waals surface area contributed by atoms with Crippen molar-refractivity contribution in [1.82, 2.24) is 4.90 Å². The third kappa shape index (κ3) is 2.31. The Bertz CT molecular complexity index is 274. The van der Waals surface area contributed by atoms with Crippen LogP contribution in [0.25, 0.3) is 0 Å². The summed E-state index contributed by atoms with van der Waals surface area (Å²) in [5, 5.41) is 8.48. The summed E-state index contributed by atoms with van der Waals surface area (Å²) < 4.78 is 0. The van der Waals surface area contributed by atoms with Gasteiger partial charge >= 0.3 is 11.9 Å². The topological polar surface area (TPSA) is 74.7 Å². The van der Waals surface area contributed by atoms with E-state index in [2.05, 4.69) is 0 Å². The molecule has 0 aromatic carbocycles. The molecular formula is C9H13NO4. The molecule has 0 spiro atoms. The normalized spacial score (nSPS) is 21.8. The highest BCUT2D eigenvalue weighted by Crippen LogP contribution is 2.17. The molecule has 14 heavy (non-hydrogen) atoms. The van der Waals surface area contributed by atoms with Gasteiger partial charge < -0.3 is 10.0 Å². The Labute approximate surface area is 81.7 Å².